The highest BCUT2D eigenvalue weighted by Crippen LogP contribution is 2.25. The molecule has 0 aliphatic rings. The Hall–Kier alpha value is -3.31. The topological polar surface area (TPSA) is 56.8 Å². The highest BCUT2D eigenvalue weighted by atomic mass is 16.5. The number of hydrogen-bond donors (Lipinski definition) is 1. The molecule has 0 aromatic heterocycles. The predicted octanol–water partition coefficient (Wildman–Crippen LogP) is 5.30. The van der Waals surface area contributed by atoms with Gasteiger partial charge in [-0.1, -0.05) is 42.5 Å². The molecule has 0 atom stereocenters. The van der Waals surface area contributed by atoms with E-state index in [1.165, 1.54) is 0 Å². The second-order valence-corrected chi connectivity index (χ2v) is 7.45. The van der Waals surface area contributed by atoms with Crippen molar-refractivity contribution >= 4 is 11.6 Å². The zero-order valence-electron chi connectivity index (χ0n) is 17.8. The third-order valence-corrected chi connectivity index (χ3v) is 4.70. The number of rotatable bonds is 8. The van der Waals surface area contributed by atoms with Crippen LogP contribution < -0.4 is 14.8 Å². The molecule has 0 unspecified atom stereocenters. The Balaban J connectivity index is 1.65. The Bertz CT molecular complexity index is 979. The Morgan fingerprint density at radius 2 is 1.47 bits per heavy atom. The molecule has 0 spiro atoms. The van der Waals surface area contributed by atoms with E-state index < -0.39 is 5.60 Å². The van der Waals surface area contributed by atoms with Gasteiger partial charge in [0.25, 0.3) is 5.91 Å². The van der Waals surface area contributed by atoms with Gasteiger partial charge in [0.05, 0.1) is 13.7 Å². The Morgan fingerprint density at radius 3 is 2.07 bits per heavy atom. The van der Waals surface area contributed by atoms with E-state index in [-0.39, 0.29) is 5.91 Å². The second kappa shape index (κ2) is 9.46. The van der Waals surface area contributed by atoms with E-state index in [0.717, 1.165) is 16.7 Å². The molecular weight excluding hydrogens is 378 g/mol. The molecule has 0 radical (unpaired) electrons. The fourth-order valence-corrected chi connectivity index (χ4v) is 2.99. The molecule has 0 saturated heterocycles. The van der Waals surface area contributed by atoms with Crippen molar-refractivity contribution in [3.05, 3.63) is 78.4 Å². The van der Waals surface area contributed by atoms with Crippen LogP contribution in [0.2, 0.25) is 0 Å². The number of nitrogens with one attached hydrogen (secondary N) is 1. The zero-order chi connectivity index (χ0) is 21.6. The van der Waals surface area contributed by atoms with Crippen molar-refractivity contribution in [2.45, 2.75) is 26.1 Å². The normalized spacial score (nSPS) is 11.1. The summed E-state index contributed by atoms with van der Waals surface area (Å²) < 4.78 is 16.3. The molecule has 5 nitrogen and oxygen atoms in total. The molecule has 3 aromatic rings. The number of anilines is 1. The van der Waals surface area contributed by atoms with Crippen LogP contribution in [-0.4, -0.2) is 25.7 Å². The van der Waals surface area contributed by atoms with Gasteiger partial charge in [-0.25, -0.2) is 0 Å². The average molecular weight is 405 g/mol. The molecule has 5 heteroatoms. The summed E-state index contributed by atoms with van der Waals surface area (Å²) in [6, 6.07) is 23.2. The van der Waals surface area contributed by atoms with Crippen LogP contribution in [0.5, 0.6) is 11.5 Å². The zero-order valence-corrected chi connectivity index (χ0v) is 17.8. The number of carbonyl (C=O) groups excluding carboxylic acids is 1. The lowest BCUT2D eigenvalue weighted by atomic mass is 10.0. The SMILES string of the molecule is COCc1ccc(-c2ccc(NC(=O)C(C)(C)Oc3cccc(OC)c3)cc2)cc1. The molecule has 0 heterocycles. The van der Waals surface area contributed by atoms with E-state index in [9.17, 15) is 4.79 Å². The average Bonchev–Trinajstić information content (AvgIpc) is 2.75. The molecular formula is C25H27NO4. The standard InChI is InChI=1S/C25H27NO4/c1-25(2,30-23-7-5-6-22(16-23)29-4)24(27)26-21-14-12-20(13-15-21)19-10-8-18(9-11-19)17-28-3/h5-16H,17H2,1-4H3,(H,26,27). The molecule has 0 saturated carbocycles. The van der Waals surface area contributed by atoms with E-state index in [4.69, 9.17) is 14.2 Å². The molecule has 3 aromatic carbocycles. The summed E-state index contributed by atoms with van der Waals surface area (Å²) in [6.07, 6.45) is 0. The van der Waals surface area contributed by atoms with Crippen LogP contribution in [-0.2, 0) is 16.1 Å². The summed E-state index contributed by atoms with van der Waals surface area (Å²) in [7, 11) is 3.28. The third-order valence-electron chi connectivity index (χ3n) is 4.70. The van der Waals surface area contributed by atoms with Crippen molar-refractivity contribution in [1.29, 1.82) is 0 Å². The van der Waals surface area contributed by atoms with Crippen LogP contribution in [0.3, 0.4) is 0 Å². The highest BCUT2D eigenvalue weighted by molar-refractivity contribution is 5.97. The van der Waals surface area contributed by atoms with Gasteiger partial charge in [-0.2, -0.15) is 0 Å². The Kier molecular flexibility index (Phi) is 6.75. The van der Waals surface area contributed by atoms with Crippen molar-refractivity contribution in [2.24, 2.45) is 0 Å². The minimum absolute atomic E-state index is 0.234. The van der Waals surface area contributed by atoms with Gasteiger partial charge < -0.3 is 19.5 Å². The molecule has 0 aliphatic heterocycles. The molecule has 1 N–H and O–H groups in total. The lowest BCUT2D eigenvalue weighted by Crippen LogP contribution is -2.42. The molecule has 0 bridgehead atoms. The number of benzene rings is 3. The van der Waals surface area contributed by atoms with E-state index in [1.807, 2.05) is 48.5 Å². The van der Waals surface area contributed by atoms with Crippen LogP contribution in [0.1, 0.15) is 19.4 Å². The van der Waals surface area contributed by atoms with Crippen LogP contribution in [0.25, 0.3) is 11.1 Å². The maximum atomic E-state index is 12.8. The van der Waals surface area contributed by atoms with E-state index in [1.54, 1.807) is 40.2 Å². The van der Waals surface area contributed by atoms with Crippen LogP contribution in [0.4, 0.5) is 5.69 Å². The van der Waals surface area contributed by atoms with Crippen LogP contribution in [0.15, 0.2) is 72.8 Å². The smallest absolute Gasteiger partial charge is 0.267 e. The molecule has 0 aliphatic carbocycles. The molecule has 3 rings (SSSR count). The fourth-order valence-electron chi connectivity index (χ4n) is 2.99. The monoisotopic (exact) mass is 405 g/mol. The predicted molar refractivity (Wildman–Crippen MR) is 119 cm³/mol. The first-order chi connectivity index (χ1) is 14.4. The van der Waals surface area contributed by atoms with Gasteiger partial charge in [0.15, 0.2) is 5.60 Å². The summed E-state index contributed by atoms with van der Waals surface area (Å²) in [5.74, 6) is 1.01. The van der Waals surface area contributed by atoms with Gasteiger partial charge in [-0.05, 0) is 54.8 Å². The third kappa shape index (κ3) is 5.39. The maximum absolute atomic E-state index is 12.8. The molecule has 156 valence electrons. The van der Waals surface area contributed by atoms with Gasteiger partial charge in [0.1, 0.15) is 11.5 Å². The lowest BCUT2D eigenvalue weighted by Gasteiger charge is -2.25. The van der Waals surface area contributed by atoms with Crippen molar-refractivity contribution in [3.63, 3.8) is 0 Å². The summed E-state index contributed by atoms with van der Waals surface area (Å²) in [5.41, 5.74) is 2.96. The fraction of sp³-hybridized carbons (Fsp3) is 0.240. The minimum atomic E-state index is -1.05. The molecule has 30 heavy (non-hydrogen) atoms. The second-order valence-electron chi connectivity index (χ2n) is 7.45. The summed E-state index contributed by atoms with van der Waals surface area (Å²) in [5, 5.41) is 2.92. The van der Waals surface area contributed by atoms with Crippen LogP contribution >= 0.6 is 0 Å². The van der Waals surface area contributed by atoms with E-state index in [0.29, 0.717) is 23.8 Å². The number of carbonyl (C=O) groups is 1. The minimum Gasteiger partial charge on any atom is -0.497 e. The van der Waals surface area contributed by atoms with Crippen molar-refractivity contribution in [3.8, 4) is 22.6 Å². The summed E-state index contributed by atoms with van der Waals surface area (Å²) >= 11 is 0. The highest BCUT2D eigenvalue weighted by Gasteiger charge is 2.30. The van der Waals surface area contributed by atoms with Gasteiger partial charge >= 0.3 is 0 Å². The van der Waals surface area contributed by atoms with Crippen molar-refractivity contribution in [2.75, 3.05) is 19.5 Å². The van der Waals surface area contributed by atoms with Crippen molar-refractivity contribution in [1.82, 2.24) is 0 Å². The van der Waals surface area contributed by atoms with Crippen LogP contribution in [0, 0.1) is 0 Å². The lowest BCUT2D eigenvalue weighted by molar-refractivity contribution is -0.128. The Morgan fingerprint density at radius 1 is 0.867 bits per heavy atom. The van der Waals surface area contributed by atoms with Gasteiger partial charge in [-0.3, -0.25) is 4.79 Å². The quantitative estimate of drug-likeness (QED) is 0.552. The first-order valence-corrected chi connectivity index (χ1v) is 9.74. The largest absolute Gasteiger partial charge is 0.497 e. The number of hydrogen-bond acceptors (Lipinski definition) is 4. The Labute approximate surface area is 177 Å². The first-order valence-electron chi connectivity index (χ1n) is 9.74. The van der Waals surface area contributed by atoms with Gasteiger partial charge in [0.2, 0.25) is 0 Å². The van der Waals surface area contributed by atoms with Gasteiger partial charge in [-0.15, -0.1) is 0 Å². The van der Waals surface area contributed by atoms with Gasteiger partial charge in [0, 0.05) is 18.9 Å². The first kappa shape index (κ1) is 21.4. The summed E-state index contributed by atoms with van der Waals surface area (Å²) in [6.45, 7) is 4.06. The number of ether oxygens (including phenoxy) is 3. The van der Waals surface area contributed by atoms with E-state index in [2.05, 4.69) is 17.4 Å². The molecule has 0 fully saturated rings. The number of methoxy groups -OCH3 is 2. The van der Waals surface area contributed by atoms with E-state index >= 15 is 0 Å². The maximum Gasteiger partial charge on any atom is 0.267 e. The summed E-state index contributed by atoms with van der Waals surface area (Å²) in [4.78, 5) is 12.8. The number of amides is 1. The molecule has 1 amide bonds. The van der Waals surface area contributed by atoms with Crippen molar-refractivity contribution < 1.29 is 19.0 Å².